The van der Waals surface area contributed by atoms with Gasteiger partial charge in [-0.05, 0) is 23.8 Å². The lowest BCUT2D eigenvalue weighted by atomic mass is 10.2. The van der Waals surface area contributed by atoms with Gasteiger partial charge in [-0.1, -0.05) is 29.3 Å². The number of amides is 1. The van der Waals surface area contributed by atoms with Crippen molar-refractivity contribution in [1.29, 1.82) is 0 Å². The summed E-state index contributed by atoms with van der Waals surface area (Å²) in [5.74, 6) is -1.79. The van der Waals surface area contributed by atoms with Crippen LogP contribution in [0.1, 0.15) is 12.0 Å². The normalized spacial score (nSPS) is 12.3. The number of aliphatic hydroxyl groups excluding tert-OH is 1. The first kappa shape index (κ1) is 16.5. The molecule has 1 atom stereocenters. The molecule has 0 unspecified atom stereocenters. The van der Waals surface area contributed by atoms with Crippen LogP contribution in [-0.4, -0.2) is 34.7 Å². The predicted octanol–water partition coefficient (Wildman–Crippen LogP) is 1.96. The smallest absolute Gasteiger partial charge is 0.326 e. The van der Waals surface area contributed by atoms with E-state index >= 15 is 0 Å². The van der Waals surface area contributed by atoms with E-state index in [2.05, 4.69) is 5.32 Å². The zero-order chi connectivity index (χ0) is 15.1. The molecule has 0 aliphatic heterocycles. The summed E-state index contributed by atoms with van der Waals surface area (Å²) in [5.41, 5.74) is 0.584. The highest BCUT2D eigenvalue weighted by Gasteiger charge is 2.17. The molecule has 0 saturated carbocycles. The van der Waals surface area contributed by atoms with Crippen molar-refractivity contribution >= 4 is 41.2 Å². The van der Waals surface area contributed by atoms with Gasteiger partial charge in [0.05, 0.1) is 0 Å². The summed E-state index contributed by atoms with van der Waals surface area (Å²) < 4.78 is 0. The summed E-state index contributed by atoms with van der Waals surface area (Å²) in [5, 5.41) is 20.7. The van der Waals surface area contributed by atoms with E-state index in [-0.39, 0.29) is 13.0 Å². The number of nitrogens with one attached hydrogen (secondary N) is 1. The monoisotopic (exact) mass is 317 g/mol. The van der Waals surface area contributed by atoms with E-state index in [1.807, 2.05) is 0 Å². The summed E-state index contributed by atoms with van der Waals surface area (Å²) in [6.45, 7) is -0.329. The number of aliphatic carboxylic acids is 1. The topological polar surface area (TPSA) is 86.6 Å². The quantitative estimate of drug-likeness (QED) is 0.700. The van der Waals surface area contributed by atoms with Crippen LogP contribution in [-0.2, 0) is 9.59 Å². The number of hydrogen-bond donors (Lipinski definition) is 3. The number of carboxylic acid groups (broad SMARTS) is 1. The molecule has 0 radical (unpaired) electrons. The number of carboxylic acids is 1. The fraction of sp³-hybridized carbons (Fsp3) is 0.231. The predicted molar refractivity (Wildman–Crippen MR) is 76.8 cm³/mol. The van der Waals surface area contributed by atoms with E-state index in [1.54, 1.807) is 12.1 Å². The maximum absolute atomic E-state index is 11.6. The van der Waals surface area contributed by atoms with Crippen LogP contribution in [0.15, 0.2) is 24.3 Å². The van der Waals surface area contributed by atoms with E-state index in [4.69, 9.17) is 33.4 Å². The van der Waals surface area contributed by atoms with E-state index in [0.29, 0.717) is 15.6 Å². The maximum Gasteiger partial charge on any atom is 0.326 e. The van der Waals surface area contributed by atoms with Gasteiger partial charge in [-0.3, -0.25) is 4.79 Å². The van der Waals surface area contributed by atoms with Gasteiger partial charge in [0.1, 0.15) is 6.04 Å². The highest BCUT2D eigenvalue weighted by molar-refractivity contribution is 6.35. The largest absolute Gasteiger partial charge is 0.480 e. The molecule has 3 N–H and O–H groups in total. The van der Waals surface area contributed by atoms with E-state index < -0.39 is 17.9 Å². The molecule has 7 heteroatoms. The first-order valence-corrected chi connectivity index (χ1v) is 6.47. The molecule has 0 fully saturated rings. The van der Waals surface area contributed by atoms with E-state index in [9.17, 15) is 9.59 Å². The number of carbonyl (C=O) groups is 2. The molecule has 5 nitrogen and oxygen atoms in total. The van der Waals surface area contributed by atoms with Crippen LogP contribution in [0.25, 0.3) is 6.08 Å². The van der Waals surface area contributed by atoms with Gasteiger partial charge < -0.3 is 15.5 Å². The molecule has 0 aromatic heterocycles. The third-order valence-corrected chi connectivity index (χ3v) is 2.97. The minimum atomic E-state index is -1.20. The molecule has 1 rings (SSSR count). The lowest BCUT2D eigenvalue weighted by Crippen LogP contribution is -2.40. The molecular weight excluding hydrogens is 305 g/mol. The molecule has 0 bridgehead atoms. The Morgan fingerprint density at radius 2 is 2.05 bits per heavy atom. The van der Waals surface area contributed by atoms with Crippen LogP contribution in [0.5, 0.6) is 0 Å². The van der Waals surface area contributed by atoms with Crippen molar-refractivity contribution in [2.24, 2.45) is 0 Å². The van der Waals surface area contributed by atoms with Gasteiger partial charge in [0.2, 0.25) is 5.91 Å². The molecule has 0 heterocycles. The standard InChI is InChI=1S/C13H13Cl2NO4/c14-9-3-1-8(10(15)7-9)2-4-12(18)16-11(5-6-17)13(19)20/h1-4,7,11,17H,5-6H2,(H,16,18)(H,19,20)/b4-2+/t11-/m0/s1. The molecule has 0 aliphatic carbocycles. The van der Waals surface area contributed by atoms with Gasteiger partial charge in [-0.15, -0.1) is 0 Å². The SMILES string of the molecule is O=C(/C=C/c1ccc(Cl)cc1Cl)N[C@@H](CCO)C(=O)O. The Bertz CT molecular complexity index is 531. The molecule has 0 saturated heterocycles. The highest BCUT2D eigenvalue weighted by atomic mass is 35.5. The minimum Gasteiger partial charge on any atom is -0.480 e. The Balaban J connectivity index is 2.69. The fourth-order valence-corrected chi connectivity index (χ4v) is 1.88. The average Bonchev–Trinajstić information content (AvgIpc) is 2.37. The van der Waals surface area contributed by atoms with Gasteiger partial charge >= 0.3 is 5.97 Å². The summed E-state index contributed by atoms with van der Waals surface area (Å²) in [6.07, 6.45) is 2.56. The van der Waals surface area contributed by atoms with Crippen LogP contribution < -0.4 is 5.32 Å². The van der Waals surface area contributed by atoms with Crippen LogP contribution in [0.3, 0.4) is 0 Å². The van der Waals surface area contributed by atoms with E-state index in [0.717, 1.165) is 0 Å². The molecular formula is C13H13Cl2NO4. The first-order valence-electron chi connectivity index (χ1n) is 5.71. The number of benzene rings is 1. The van der Waals surface area contributed by atoms with Gasteiger partial charge in [0.15, 0.2) is 0 Å². The van der Waals surface area contributed by atoms with E-state index in [1.165, 1.54) is 18.2 Å². The van der Waals surface area contributed by atoms with Crippen molar-refractivity contribution in [3.63, 3.8) is 0 Å². The molecule has 1 aromatic carbocycles. The van der Waals surface area contributed by atoms with Gasteiger partial charge in [-0.2, -0.15) is 0 Å². The summed E-state index contributed by atoms with van der Waals surface area (Å²) >= 11 is 11.7. The Labute approximate surface area is 125 Å². The van der Waals surface area contributed by atoms with Crippen molar-refractivity contribution in [3.05, 3.63) is 39.9 Å². The molecule has 0 spiro atoms. The molecule has 108 valence electrons. The van der Waals surface area contributed by atoms with Crippen molar-refractivity contribution in [1.82, 2.24) is 5.32 Å². The zero-order valence-corrected chi connectivity index (χ0v) is 11.9. The number of halogens is 2. The van der Waals surface area contributed by atoms with Crippen molar-refractivity contribution < 1.29 is 19.8 Å². The number of rotatable bonds is 6. The Morgan fingerprint density at radius 1 is 1.35 bits per heavy atom. The summed E-state index contributed by atoms with van der Waals surface area (Å²) in [4.78, 5) is 22.4. The van der Waals surface area contributed by atoms with Crippen LogP contribution in [0.4, 0.5) is 0 Å². The summed E-state index contributed by atoms with van der Waals surface area (Å²) in [7, 11) is 0. The lowest BCUT2D eigenvalue weighted by molar-refractivity contribution is -0.141. The minimum absolute atomic E-state index is 0.0589. The zero-order valence-electron chi connectivity index (χ0n) is 10.3. The Kier molecular flexibility index (Phi) is 6.51. The lowest BCUT2D eigenvalue weighted by Gasteiger charge is -2.11. The van der Waals surface area contributed by atoms with Crippen molar-refractivity contribution in [2.45, 2.75) is 12.5 Å². The second-order valence-electron chi connectivity index (χ2n) is 3.91. The van der Waals surface area contributed by atoms with Crippen LogP contribution in [0.2, 0.25) is 10.0 Å². The third-order valence-electron chi connectivity index (χ3n) is 2.41. The molecule has 1 aromatic rings. The van der Waals surface area contributed by atoms with Gasteiger partial charge in [0.25, 0.3) is 0 Å². The first-order chi connectivity index (χ1) is 9.43. The second kappa shape index (κ2) is 7.89. The number of aliphatic hydroxyl groups is 1. The number of carbonyl (C=O) groups excluding carboxylic acids is 1. The van der Waals surface area contributed by atoms with Crippen LogP contribution in [0, 0.1) is 0 Å². The van der Waals surface area contributed by atoms with Crippen molar-refractivity contribution in [2.75, 3.05) is 6.61 Å². The van der Waals surface area contributed by atoms with Gasteiger partial charge in [-0.25, -0.2) is 4.79 Å². The summed E-state index contributed by atoms with van der Waals surface area (Å²) in [6, 6.07) is 3.66. The third kappa shape index (κ3) is 5.21. The molecule has 20 heavy (non-hydrogen) atoms. The highest BCUT2D eigenvalue weighted by Crippen LogP contribution is 2.21. The molecule has 1 amide bonds. The fourth-order valence-electron chi connectivity index (χ4n) is 1.41. The van der Waals surface area contributed by atoms with Gasteiger partial charge in [0, 0.05) is 29.1 Å². The second-order valence-corrected chi connectivity index (χ2v) is 4.75. The van der Waals surface area contributed by atoms with Crippen molar-refractivity contribution in [3.8, 4) is 0 Å². The average molecular weight is 318 g/mol. The Hall–Kier alpha value is -1.56. The van der Waals surface area contributed by atoms with Crippen LogP contribution >= 0.6 is 23.2 Å². The molecule has 0 aliphatic rings. The Morgan fingerprint density at radius 3 is 2.60 bits per heavy atom. The maximum atomic E-state index is 11.6. The number of hydrogen-bond acceptors (Lipinski definition) is 3.